The fourth-order valence-electron chi connectivity index (χ4n) is 8.41. The van der Waals surface area contributed by atoms with Gasteiger partial charge in [0, 0.05) is 137 Å². The molecule has 0 spiro atoms. The Kier molecular flexibility index (Phi) is 39.4. The molecule has 3 radical (unpaired) electrons. The predicted molar refractivity (Wildman–Crippen MR) is 372 cm³/mol. The van der Waals surface area contributed by atoms with Crippen LogP contribution in [0.4, 0.5) is 0 Å². The van der Waals surface area contributed by atoms with Crippen LogP contribution in [0.3, 0.4) is 0 Å². The number of nitrogens with zero attached hydrogens (tertiary/aromatic N) is 6. The summed E-state index contributed by atoms with van der Waals surface area (Å²) in [6.45, 7) is 34.4. The van der Waals surface area contributed by atoms with E-state index in [1.807, 2.05) is 249 Å². The summed E-state index contributed by atoms with van der Waals surface area (Å²) in [6.07, 6.45) is 4.24. The van der Waals surface area contributed by atoms with Crippen LogP contribution >= 0.6 is 0 Å². The van der Waals surface area contributed by atoms with Gasteiger partial charge in [0.1, 0.15) is 17.2 Å². The summed E-state index contributed by atoms with van der Waals surface area (Å²) < 4.78 is 17.3. The molecule has 96 heavy (non-hydrogen) atoms. The summed E-state index contributed by atoms with van der Waals surface area (Å²) in [5, 5.41) is 55.0. The second-order valence-corrected chi connectivity index (χ2v) is 26.3. The van der Waals surface area contributed by atoms with Crippen LogP contribution in [0, 0.1) is 76.0 Å². The van der Waals surface area contributed by atoms with Gasteiger partial charge in [-0.2, -0.15) is 0 Å². The van der Waals surface area contributed by atoms with E-state index in [9.17, 15) is 15.3 Å². The van der Waals surface area contributed by atoms with Crippen molar-refractivity contribution < 1.29 is 105 Å². The second-order valence-electron chi connectivity index (χ2n) is 26.3. The number of aromatic nitrogens is 6. The fraction of sp³-hybridized carbons (Fsp3) is 0.385. The molecule has 0 aliphatic carbocycles. The third-order valence-electron chi connectivity index (χ3n) is 13.9. The molecular weight excluding hydrogens is 1740 g/mol. The van der Waals surface area contributed by atoms with Crippen LogP contribution in [-0.4, -0.2) is 97.2 Å². The number of hydrogen-bond acceptors (Lipinski definition) is 15. The molecule has 0 aliphatic heterocycles. The topological polar surface area (TPSA) is 226 Å². The average Bonchev–Trinajstić information content (AvgIpc) is 0.854. The maximum atomic E-state index is 9.76. The maximum absolute atomic E-state index is 9.76. The number of aliphatic hydroxyl groups excluding tert-OH is 6. The number of aliphatic hydroxyl groups is 6. The van der Waals surface area contributed by atoms with Gasteiger partial charge in [0.25, 0.3) is 0 Å². The molecular formula is C78H99Ir3N6O9-3. The number of ether oxygens (including phenoxy) is 3. The van der Waals surface area contributed by atoms with Crippen LogP contribution < -0.4 is 14.2 Å². The number of para-hydroxylation sites is 3. The summed E-state index contributed by atoms with van der Waals surface area (Å²) >= 11 is 0. The fourth-order valence-corrected chi connectivity index (χ4v) is 8.41. The van der Waals surface area contributed by atoms with Crippen molar-refractivity contribution in [2.24, 2.45) is 16.2 Å². The van der Waals surface area contributed by atoms with Crippen molar-refractivity contribution in [2.45, 2.75) is 181 Å². The quantitative estimate of drug-likeness (QED) is 0.0525. The largest absolute Gasteiger partial charge is 0.502 e. The Labute approximate surface area is 612 Å². The number of benzene rings is 6. The number of hydrogen-bond donors (Lipinski definition) is 6. The van der Waals surface area contributed by atoms with Crippen molar-refractivity contribution in [2.75, 3.05) is 0 Å². The molecule has 6 unspecified atom stereocenters. The van der Waals surface area contributed by atoms with Crippen molar-refractivity contribution in [3.05, 3.63) is 217 Å². The normalized spacial score (nSPS) is 12.6. The van der Waals surface area contributed by atoms with Gasteiger partial charge in [0.2, 0.25) is 0 Å². The molecule has 0 saturated heterocycles. The first-order valence-corrected chi connectivity index (χ1v) is 31.4. The Morgan fingerprint density at radius 2 is 0.573 bits per heavy atom. The Balaban J connectivity index is 0.000000594. The maximum Gasteiger partial charge on any atom is 0.114 e. The van der Waals surface area contributed by atoms with E-state index >= 15 is 0 Å². The zero-order chi connectivity index (χ0) is 69.1. The molecule has 525 valence electrons. The van der Waals surface area contributed by atoms with E-state index in [2.05, 4.69) is 48.1 Å². The first-order chi connectivity index (χ1) is 43.7. The van der Waals surface area contributed by atoms with Crippen molar-refractivity contribution in [3.8, 4) is 68.3 Å². The van der Waals surface area contributed by atoms with Crippen LogP contribution in [0.2, 0.25) is 0 Å². The van der Waals surface area contributed by atoms with Crippen molar-refractivity contribution in [1.82, 2.24) is 29.9 Å². The second kappa shape index (κ2) is 43.2. The zero-order valence-corrected chi connectivity index (χ0v) is 66.0. The minimum absolute atomic E-state index is 0. The molecule has 6 N–H and O–H groups in total. The summed E-state index contributed by atoms with van der Waals surface area (Å²) in [6, 6.07) is 55.7. The Morgan fingerprint density at radius 1 is 0.333 bits per heavy atom. The molecule has 9 rings (SSSR count). The molecule has 0 fully saturated rings. The van der Waals surface area contributed by atoms with E-state index in [1.165, 1.54) is 0 Å². The molecule has 0 amide bonds. The van der Waals surface area contributed by atoms with Gasteiger partial charge < -0.3 is 59.8 Å². The number of aryl methyl sites for hydroxylation is 6. The minimum atomic E-state index is -0.443. The predicted octanol–water partition coefficient (Wildman–Crippen LogP) is 16.5. The van der Waals surface area contributed by atoms with Gasteiger partial charge >= 0.3 is 0 Å². The Morgan fingerprint density at radius 3 is 0.750 bits per heavy atom. The molecule has 3 aromatic heterocycles. The van der Waals surface area contributed by atoms with Crippen LogP contribution in [0.1, 0.15) is 137 Å². The van der Waals surface area contributed by atoms with Crippen LogP contribution in [0.5, 0.6) is 34.5 Å². The molecule has 0 bridgehead atoms. The first-order valence-electron chi connectivity index (χ1n) is 31.4. The van der Waals surface area contributed by atoms with Crippen LogP contribution in [0.25, 0.3) is 33.8 Å². The van der Waals surface area contributed by atoms with Crippen molar-refractivity contribution in [1.29, 1.82) is 0 Å². The zero-order valence-electron chi connectivity index (χ0n) is 58.8. The van der Waals surface area contributed by atoms with Gasteiger partial charge in [-0.15, -0.1) is 89.5 Å². The first kappa shape index (κ1) is 87.7. The molecule has 0 saturated carbocycles. The van der Waals surface area contributed by atoms with Crippen LogP contribution in [-0.2, 0) is 60.3 Å². The summed E-state index contributed by atoms with van der Waals surface area (Å²) in [4.78, 5) is 26.6. The van der Waals surface area contributed by atoms with E-state index in [0.29, 0.717) is 19.3 Å². The van der Waals surface area contributed by atoms with Gasteiger partial charge in [0.05, 0.1) is 53.7 Å². The van der Waals surface area contributed by atoms with Gasteiger partial charge in [0.15, 0.2) is 0 Å². The van der Waals surface area contributed by atoms with Crippen LogP contribution in [0.15, 0.2) is 164 Å². The van der Waals surface area contributed by atoms with Crippen molar-refractivity contribution in [3.63, 3.8) is 0 Å². The third kappa shape index (κ3) is 33.3. The van der Waals surface area contributed by atoms with E-state index < -0.39 is 24.4 Å². The Hall–Kier alpha value is -6.33. The molecule has 15 nitrogen and oxygen atoms in total. The number of rotatable bonds is 15. The SMILES string of the molecule is CC(C)(C)C(O)CC(O)C(C)(C)C.CC(O)CC(C)O.CC(O)CC(O)C(C)(C)C.Cc1cnc(-c2[c-]cc(Oc3ccccc3)cc2)c(C)n1.Cc1cnc(-c2[c-]cc(Oc3ccccc3)cc2)c(C)n1.Cc1cnc(-c2[c-]cc(Oc3ccccc3)cc2)c(C)n1.[Ir].[Ir].[Ir]. The van der Waals surface area contributed by atoms with Gasteiger partial charge in [-0.3, -0.25) is 15.0 Å². The van der Waals surface area contributed by atoms with E-state index in [-0.39, 0.29) is 88.8 Å². The summed E-state index contributed by atoms with van der Waals surface area (Å²) in [5.41, 5.74) is 10.4. The molecule has 3 heterocycles. The monoisotopic (exact) mass is 1840 g/mol. The van der Waals surface area contributed by atoms with Gasteiger partial charge in [-0.25, -0.2) is 0 Å². The standard InChI is InChI=1S/3C18H15N2O.C11H24O2.C8H18O2.C5H12O2.3Ir/c3*1-13-12-19-18(14(2)20-13)15-8-10-17(11-9-15)21-16-6-4-3-5-7-16;1-10(2,3)8(12)7-9(13)11(4,5)6;1-6(9)5-7(10)8(2,3)4;1-4(6)3-5(2)7;;;/h3*3-8,10-12H,1-2H3;8-9,12-13H,7H2,1-6H3;6-7,9-10H,5H2,1-4H3;4-7H,3H2,1-2H3;;;/q3*-1;;;;;;. The van der Waals surface area contributed by atoms with E-state index in [1.54, 1.807) is 39.4 Å². The van der Waals surface area contributed by atoms with Gasteiger partial charge in [-0.1, -0.05) is 117 Å². The average molecular weight is 1840 g/mol. The molecule has 0 aliphatic rings. The summed E-state index contributed by atoms with van der Waals surface area (Å²) in [5.74, 6) is 4.69. The third-order valence-corrected chi connectivity index (χ3v) is 13.9. The minimum Gasteiger partial charge on any atom is -0.502 e. The summed E-state index contributed by atoms with van der Waals surface area (Å²) in [7, 11) is 0. The molecule has 6 atom stereocenters. The molecule has 9 aromatic rings. The Bertz CT molecular complexity index is 3230. The smallest absolute Gasteiger partial charge is 0.114 e. The van der Waals surface area contributed by atoms with Crippen molar-refractivity contribution >= 4 is 0 Å². The van der Waals surface area contributed by atoms with E-state index in [4.69, 9.17) is 29.5 Å². The van der Waals surface area contributed by atoms with Gasteiger partial charge in [-0.05, 0) is 128 Å². The molecule has 6 aromatic carbocycles. The molecule has 18 heteroatoms. The van der Waals surface area contributed by atoms with E-state index in [0.717, 1.165) is 102 Å².